The fraction of sp³-hybridized carbons (Fsp3) is 0.462. The largest absolute Gasteiger partial charge is 0.573 e. The van der Waals surface area contributed by atoms with Gasteiger partial charge < -0.3 is 19.0 Å². The molecule has 1 N–H and O–H groups in total. The fourth-order valence-corrected chi connectivity index (χ4v) is 4.51. The van der Waals surface area contributed by atoms with E-state index in [4.69, 9.17) is 9.15 Å². The highest BCUT2D eigenvalue weighted by Crippen LogP contribution is 2.39. The number of aliphatic hydroxyl groups is 1. The lowest BCUT2D eigenvalue weighted by Crippen LogP contribution is -2.35. The molecule has 3 rings (SSSR count). The molecule has 0 bridgehead atoms. The molecule has 0 aliphatic carbocycles. The lowest BCUT2D eigenvalue weighted by Gasteiger charge is -2.31. The number of fused-ring (bicyclic) bond motifs is 1. The van der Waals surface area contributed by atoms with Gasteiger partial charge in [-0.1, -0.05) is 25.8 Å². The molecule has 0 spiro atoms. The molecule has 0 aliphatic rings. The monoisotopic (exact) mass is 496 g/mol. The molecule has 0 saturated carbocycles. The third-order valence-corrected chi connectivity index (χ3v) is 5.45. The summed E-state index contributed by atoms with van der Waals surface area (Å²) in [5.41, 5.74) is 0.472. The quantitative estimate of drug-likeness (QED) is 0.170. The van der Waals surface area contributed by atoms with Gasteiger partial charge in [0.2, 0.25) is 0 Å². The van der Waals surface area contributed by atoms with Crippen LogP contribution in [-0.4, -0.2) is 22.0 Å². The van der Waals surface area contributed by atoms with Crippen molar-refractivity contribution in [3.05, 3.63) is 48.0 Å². The van der Waals surface area contributed by atoms with Crippen molar-refractivity contribution in [2.24, 2.45) is 0 Å². The van der Waals surface area contributed by atoms with E-state index in [1.165, 1.54) is 6.07 Å². The smallest absolute Gasteiger partial charge is 0.477 e. The predicted octanol–water partition coefficient (Wildman–Crippen LogP) is 7.92. The Morgan fingerprint density at radius 2 is 1.71 bits per heavy atom. The van der Waals surface area contributed by atoms with E-state index in [0.717, 1.165) is 24.8 Å². The van der Waals surface area contributed by atoms with Crippen LogP contribution in [-0.2, 0) is 6.42 Å². The first-order chi connectivity index (χ1) is 15.7. The van der Waals surface area contributed by atoms with Crippen LogP contribution in [0.25, 0.3) is 22.3 Å². The zero-order valence-electron chi connectivity index (χ0n) is 19.8. The second-order valence-electron chi connectivity index (χ2n) is 9.41. The van der Waals surface area contributed by atoms with Gasteiger partial charge >= 0.3 is 6.36 Å². The molecular formula is C26H31F3O4S. The number of furan rings is 1. The lowest BCUT2D eigenvalue weighted by atomic mass is 10.0. The third-order valence-electron chi connectivity index (χ3n) is 5.20. The zero-order chi connectivity index (χ0) is 25.1. The Hall–Kier alpha value is -2.32. The number of rotatable bonds is 10. The normalized spacial score (nSPS) is 14.3. The van der Waals surface area contributed by atoms with Crippen LogP contribution in [0, 0.1) is 0 Å². The second-order valence-corrected chi connectivity index (χ2v) is 10.4. The SMILES string of the molecule is CCCCCc1ccc(-c2cc3ccc(OC(C)(S)CC(C)(C)O)cc3o2)c(OC(F)(F)F)c1. The highest BCUT2D eigenvalue weighted by molar-refractivity contribution is 7.81. The average molecular weight is 497 g/mol. The summed E-state index contributed by atoms with van der Waals surface area (Å²) in [7, 11) is 0. The van der Waals surface area contributed by atoms with E-state index in [0.29, 0.717) is 23.1 Å². The maximum Gasteiger partial charge on any atom is 0.573 e. The number of benzene rings is 2. The standard InChI is InChI=1S/C26H31F3O4S/c1-5-6-7-8-17-9-12-20(23(13-17)33-26(27,28)29)22-14-18-10-11-19(15-21(18)31-22)32-25(4,34)16-24(2,3)30/h9-15,30,34H,5-8,16H2,1-4H3. The van der Waals surface area contributed by atoms with Crippen LogP contribution in [0.1, 0.15) is 58.9 Å². The first-order valence-electron chi connectivity index (χ1n) is 11.3. The molecule has 2 aromatic carbocycles. The molecule has 1 unspecified atom stereocenters. The van der Waals surface area contributed by atoms with E-state index < -0.39 is 16.9 Å². The lowest BCUT2D eigenvalue weighted by molar-refractivity contribution is -0.274. The number of ether oxygens (including phenoxy) is 2. The second kappa shape index (κ2) is 10.1. The molecule has 1 heterocycles. The Balaban J connectivity index is 1.92. The van der Waals surface area contributed by atoms with Crippen LogP contribution in [0.2, 0.25) is 0 Å². The molecule has 0 amide bonds. The number of thiol groups is 1. The summed E-state index contributed by atoms with van der Waals surface area (Å²) < 4.78 is 55.5. The molecule has 3 aromatic rings. The Bertz CT molecular complexity index is 1110. The molecule has 186 valence electrons. The highest BCUT2D eigenvalue weighted by Gasteiger charge is 2.33. The van der Waals surface area contributed by atoms with Gasteiger partial charge in [0, 0.05) is 17.9 Å². The first kappa shape index (κ1) is 26.3. The Kier molecular flexibility index (Phi) is 7.82. The van der Waals surface area contributed by atoms with E-state index in [-0.39, 0.29) is 23.5 Å². The van der Waals surface area contributed by atoms with E-state index in [9.17, 15) is 18.3 Å². The van der Waals surface area contributed by atoms with E-state index in [1.807, 2.05) is 0 Å². The van der Waals surface area contributed by atoms with Crippen LogP contribution in [0.15, 0.2) is 46.9 Å². The van der Waals surface area contributed by atoms with Crippen LogP contribution >= 0.6 is 12.6 Å². The van der Waals surface area contributed by atoms with E-state index in [1.54, 1.807) is 57.2 Å². The van der Waals surface area contributed by atoms with Gasteiger partial charge in [-0.25, -0.2) is 0 Å². The maximum atomic E-state index is 13.1. The maximum absolute atomic E-state index is 13.1. The average Bonchev–Trinajstić information content (AvgIpc) is 3.07. The van der Waals surface area contributed by atoms with Crippen molar-refractivity contribution in [3.8, 4) is 22.8 Å². The first-order valence-corrected chi connectivity index (χ1v) is 11.8. The minimum Gasteiger partial charge on any atom is -0.477 e. The van der Waals surface area contributed by atoms with Gasteiger partial charge in [-0.3, -0.25) is 0 Å². The van der Waals surface area contributed by atoms with Crippen LogP contribution in [0.5, 0.6) is 11.5 Å². The molecule has 0 radical (unpaired) electrons. The summed E-state index contributed by atoms with van der Waals surface area (Å²) in [4.78, 5) is -0.942. The van der Waals surface area contributed by atoms with Crippen LogP contribution < -0.4 is 9.47 Å². The molecular weight excluding hydrogens is 465 g/mol. The van der Waals surface area contributed by atoms with Crippen molar-refractivity contribution in [2.75, 3.05) is 0 Å². The number of alkyl halides is 3. The summed E-state index contributed by atoms with van der Waals surface area (Å²) in [5.74, 6) is 0.440. The predicted molar refractivity (Wildman–Crippen MR) is 130 cm³/mol. The molecule has 1 atom stereocenters. The van der Waals surface area contributed by atoms with Crippen LogP contribution in [0.4, 0.5) is 13.2 Å². The van der Waals surface area contributed by atoms with Crippen molar-refractivity contribution in [1.82, 2.24) is 0 Å². The van der Waals surface area contributed by atoms with Gasteiger partial charge in [-0.15, -0.1) is 25.8 Å². The van der Waals surface area contributed by atoms with Crippen molar-refractivity contribution in [2.45, 2.75) is 76.7 Å². The van der Waals surface area contributed by atoms with Gasteiger partial charge in [0.15, 0.2) is 4.93 Å². The van der Waals surface area contributed by atoms with Gasteiger partial charge in [0.05, 0.1) is 11.2 Å². The molecule has 4 nitrogen and oxygen atoms in total. The Labute approximate surface area is 203 Å². The molecule has 34 heavy (non-hydrogen) atoms. The van der Waals surface area contributed by atoms with Gasteiger partial charge in [-0.2, -0.15) is 0 Å². The van der Waals surface area contributed by atoms with E-state index in [2.05, 4.69) is 24.3 Å². The summed E-state index contributed by atoms with van der Waals surface area (Å²) in [6.45, 7) is 7.16. The van der Waals surface area contributed by atoms with Crippen molar-refractivity contribution in [1.29, 1.82) is 0 Å². The molecule has 0 fully saturated rings. The summed E-state index contributed by atoms with van der Waals surface area (Å²) in [5, 5.41) is 10.8. The van der Waals surface area contributed by atoms with Gasteiger partial charge in [0.1, 0.15) is 22.8 Å². The van der Waals surface area contributed by atoms with Crippen molar-refractivity contribution < 1.29 is 32.2 Å². The number of hydrogen-bond donors (Lipinski definition) is 2. The number of unbranched alkanes of at least 4 members (excludes halogenated alkanes) is 2. The van der Waals surface area contributed by atoms with Gasteiger partial charge in [-0.05, 0) is 69.5 Å². The number of halogens is 3. The van der Waals surface area contributed by atoms with Gasteiger partial charge in [0.25, 0.3) is 0 Å². The topological polar surface area (TPSA) is 51.8 Å². The number of hydrogen-bond acceptors (Lipinski definition) is 5. The Morgan fingerprint density at radius 1 is 0.971 bits per heavy atom. The summed E-state index contributed by atoms with van der Waals surface area (Å²) in [6, 6.07) is 11.7. The van der Waals surface area contributed by atoms with Crippen molar-refractivity contribution in [3.63, 3.8) is 0 Å². The van der Waals surface area contributed by atoms with Crippen molar-refractivity contribution >= 4 is 23.6 Å². The summed E-state index contributed by atoms with van der Waals surface area (Å²) >= 11 is 4.51. The molecule has 0 saturated heterocycles. The number of aryl methyl sites for hydroxylation is 1. The zero-order valence-corrected chi connectivity index (χ0v) is 20.7. The fourth-order valence-electron chi connectivity index (χ4n) is 4.01. The minimum absolute atomic E-state index is 0.219. The Morgan fingerprint density at radius 3 is 2.35 bits per heavy atom. The minimum atomic E-state index is -4.82. The van der Waals surface area contributed by atoms with Crippen LogP contribution in [0.3, 0.4) is 0 Å². The molecule has 0 aliphatic heterocycles. The highest BCUT2D eigenvalue weighted by atomic mass is 32.1. The summed E-state index contributed by atoms with van der Waals surface area (Å²) in [6.07, 6.45) is -0.942. The molecule has 8 heteroatoms. The molecule has 1 aromatic heterocycles. The third kappa shape index (κ3) is 7.60. The van der Waals surface area contributed by atoms with E-state index >= 15 is 0 Å².